The first-order valence-corrected chi connectivity index (χ1v) is 10.1. The fraction of sp³-hybridized carbons (Fsp3) is 0.263. The molecule has 1 N–H and O–H groups in total. The molecule has 3 rings (SSSR count). The summed E-state index contributed by atoms with van der Waals surface area (Å²) >= 11 is 0. The Bertz CT molecular complexity index is 916. The lowest BCUT2D eigenvalue weighted by Gasteiger charge is -2.32. The Balaban J connectivity index is 1.67. The number of nitrogens with zero attached hydrogens (tertiary/aromatic N) is 2. The normalized spacial score (nSPS) is 14.7. The lowest BCUT2D eigenvalue weighted by atomic mass is 10.1. The third-order valence-corrected chi connectivity index (χ3v) is 5.86. The molecule has 1 aliphatic rings. The van der Waals surface area contributed by atoms with E-state index in [2.05, 4.69) is 4.72 Å². The highest BCUT2D eigenvalue weighted by Gasteiger charge is 2.21. The molecule has 7 nitrogen and oxygen atoms in total. The number of benzene rings is 2. The van der Waals surface area contributed by atoms with E-state index in [1.807, 2.05) is 6.92 Å². The number of hydrogen-bond donors (Lipinski definition) is 1. The van der Waals surface area contributed by atoms with Gasteiger partial charge in [0.25, 0.3) is 15.9 Å². The van der Waals surface area contributed by atoms with Crippen molar-refractivity contribution in [1.82, 2.24) is 9.80 Å². The van der Waals surface area contributed by atoms with Crippen LogP contribution in [0.4, 0.5) is 5.69 Å². The molecular formula is C19H21N3O4S. The maximum absolute atomic E-state index is 12.5. The van der Waals surface area contributed by atoms with Crippen molar-refractivity contribution < 1.29 is 18.0 Å². The summed E-state index contributed by atoms with van der Waals surface area (Å²) in [7, 11) is -3.68. The summed E-state index contributed by atoms with van der Waals surface area (Å²) in [5.74, 6) is -0.131. The predicted molar refractivity (Wildman–Crippen MR) is 102 cm³/mol. The quantitative estimate of drug-likeness (QED) is 0.792. The molecule has 1 aliphatic heterocycles. The van der Waals surface area contributed by atoms with Crippen LogP contribution in [0.25, 0.3) is 0 Å². The van der Waals surface area contributed by atoms with Gasteiger partial charge in [0, 0.05) is 37.4 Å². The third kappa shape index (κ3) is 4.46. The van der Waals surface area contributed by atoms with E-state index in [-0.39, 0.29) is 10.8 Å². The van der Waals surface area contributed by atoms with E-state index >= 15 is 0 Å². The first kappa shape index (κ1) is 18.9. The minimum absolute atomic E-state index is 0.131. The summed E-state index contributed by atoms with van der Waals surface area (Å²) in [5.41, 5.74) is 1.84. The molecule has 0 unspecified atom stereocenters. The van der Waals surface area contributed by atoms with Crippen LogP contribution in [-0.2, 0) is 14.8 Å². The standard InChI is InChI=1S/C19H21N3O4S/c1-15-2-8-18(9-3-15)27(25,26)20-17-6-4-16(5-7-17)19(24)22-12-10-21(14-23)11-13-22/h2-9,14,20H,10-13H2,1H3. The molecular weight excluding hydrogens is 366 g/mol. The number of piperazine rings is 1. The third-order valence-electron chi connectivity index (χ3n) is 4.47. The van der Waals surface area contributed by atoms with Gasteiger partial charge in [0.15, 0.2) is 0 Å². The molecule has 0 bridgehead atoms. The molecule has 2 amide bonds. The first-order valence-electron chi connectivity index (χ1n) is 8.57. The van der Waals surface area contributed by atoms with Crippen LogP contribution >= 0.6 is 0 Å². The molecule has 2 aromatic carbocycles. The van der Waals surface area contributed by atoms with Crippen LogP contribution in [-0.4, -0.2) is 56.7 Å². The van der Waals surface area contributed by atoms with Crippen LogP contribution in [0.15, 0.2) is 53.4 Å². The summed E-state index contributed by atoms with van der Waals surface area (Å²) in [5, 5.41) is 0. The zero-order valence-electron chi connectivity index (χ0n) is 15.0. The van der Waals surface area contributed by atoms with Crippen molar-refractivity contribution in [1.29, 1.82) is 0 Å². The topological polar surface area (TPSA) is 86.8 Å². The van der Waals surface area contributed by atoms with E-state index in [1.54, 1.807) is 58.3 Å². The van der Waals surface area contributed by atoms with Crippen molar-refractivity contribution in [3.05, 3.63) is 59.7 Å². The number of hydrogen-bond acceptors (Lipinski definition) is 4. The Hall–Kier alpha value is -2.87. The second-order valence-electron chi connectivity index (χ2n) is 6.43. The van der Waals surface area contributed by atoms with Crippen LogP contribution in [0, 0.1) is 6.92 Å². The highest BCUT2D eigenvalue weighted by atomic mass is 32.2. The number of sulfonamides is 1. The van der Waals surface area contributed by atoms with Gasteiger partial charge in [0.1, 0.15) is 0 Å². The second kappa shape index (κ2) is 7.79. The van der Waals surface area contributed by atoms with Gasteiger partial charge >= 0.3 is 0 Å². The minimum Gasteiger partial charge on any atom is -0.342 e. The summed E-state index contributed by atoms with van der Waals surface area (Å²) < 4.78 is 27.4. The van der Waals surface area contributed by atoms with Crippen LogP contribution in [0.5, 0.6) is 0 Å². The Morgan fingerprint density at radius 3 is 2.11 bits per heavy atom. The predicted octanol–water partition coefficient (Wildman–Crippen LogP) is 1.71. The maximum Gasteiger partial charge on any atom is 0.261 e. The van der Waals surface area contributed by atoms with E-state index in [1.165, 1.54) is 0 Å². The van der Waals surface area contributed by atoms with Gasteiger partial charge in [-0.15, -0.1) is 0 Å². The minimum atomic E-state index is -3.68. The fourth-order valence-electron chi connectivity index (χ4n) is 2.83. The zero-order valence-corrected chi connectivity index (χ0v) is 15.8. The van der Waals surface area contributed by atoms with Gasteiger partial charge < -0.3 is 9.80 Å². The van der Waals surface area contributed by atoms with Gasteiger partial charge in [-0.05, 0) is 43.3 Å². The lowest BCUT2D eigenvalue weighted by Crippen LogP contribution is -2.48. The van der Waals surface area contributed by atoms with E-state index in [0.717, 1.165) is 12.0 Å². The Labute approximate surface area is 158 Å². The van der Waals surface area contributed by atoms with Crippen LogP contribution in [0.2, 0.25) is 0 Å². The lowest BCUT2D eigenvalue weighted by molar-refractivity contribution is -0.119. The van der Waals surface area contributed by atoms with Crippen molar-refractivity contribution in [3.63, 3.8) is 0 Å². The molecule has 8 heteroatoms. The van der Waals surface area contributed by atoms with Crippen molar-refractivity contribution in [2.24, 2.45) is 0 Å². The molecule has 0 atom stereocenters. The van der Waals surface area contributed by atoms with Crippen LogP contribution in [0.1, 0.15) is 15.9 Å². The van der Waals surface area contributed by atoms with E-state index in [9.17, 15) is 18.0 Å². The fourth-order valence-corrected chi connectivity index (χ4v) is 3.88. The average molecular weight is 387 g/mol. The van der Waals surface area contributed by atoms with Gasteiger partial charge in [-0.2, -0.15) is 0 Å². The largest absolute Gasteiger partial charge is 0.342 e. The smallest absolute Gasteiger partial charge is 0.261 e. The summed E-state index contributed by atoms with van der Waals surface area (Å²) in [4.78, 5) is 26.8. The number of aryl methyl sites for hydroxylation is 1. The Kier molecular flexibility index (Phi) is 5.46. The molecule has 1 saturated heterocycles. The molecule has 1 heterocycles. The highest BCUT2D eigenvalue weighted by Crippen LogP contribution is 2.18. The molecule has 142 valence electrons. The van der Waals surface area contributed by atoms with Crippen LogP contribution in [0.3, 0.4) is 0 Å². The number of amides is 2. The highest BCUT2D eigenvalue weighted by molar-refractivity contribution is 7.92. The van der Waals surface area contributed by atoms with Gasteiger partial charge in [0.05, 0.1) is 4.90 Å². The summed E-state index contributed by atoms with van der Waals surface area (Å²) in [6, 6.07) is 12.9. The molecule has 0 saturated carbocycles. The first-order chi connectivity index (χ1) is 12.9. The van der Waals surface area contributed by atoms with E-state index in [0.29, 0.717) is 37.4 Å². The number of carbonyl (C=O) groups excluding carboxylic acids is 2. The van der Waals surface area contributed by atoms with Gasteiger partial charge in [-0.1, -0.05) is 17.7 Å². The second-order valence-corrected chi connectivity index (χ2v) is 8.11. The van der Waals surface area contributed by atoms with Gasteiger partial charge in [-0.3, -0.25) is 14.3 Å². The van der Waals surface area contributed by atoms with Gasteiger partial charge in [0.2, 0.25) is 6.41 Å². The summed E-state index contributed by atoms with van der Waals surface area (Å²) in [6.45, 7) is 3.89. The van der Waals surface area contributed by atoms with Crippen LogP contribution < -0.4 is 4.72 Å². The molecule has 0 aliphatic carbocycles. The molecule has 0 radical (unpaired) electrons. The molecule has 0 aromatic heterocycles. The van der Waals surface area contributed by atoms with Crippen molar-refractivity contribution in [2.45, 2.75) is 11.8 Å². The number of nitrogens with one attached hydrogen (secondary N) is 1. The molecule has 0 spiro atoms. The Morgan fingerprint density at radius 2 is 1.56 bits per heavy atom. The van der Waals surface area contributed by atoms with Crippen molar-refractivity contribution in [2.75, 3.05) is 30.9 Å². The summed E-state index contributed by atoms with van der Waals surface area (Å²) in [6.07, 6.45) is 0.788. The number of rotatable bonds is 5. The SMILES string of the molecule is Cc1ccc(S(=O)(=O)Nc2ccc(C(=O)N3CCN(C=O)CC3)cc2)cc1. The number of carbonyl (C=O) groups is 2. The number of anilines is 1. The molecule has 1 fully saturated rings. The van der Waals surface area contributed by atoms with Gasteiger partial charge in [-0.25, -0.2) is 8.42 Å². The Morgan fingerprint density at radius 1 is 0.963 bits per heavy atom. The molecule has 27 heavy (non-hydrogen) atoms. The average Bonchev–Trinajstić information content (AvgIpc) is 2.68. The van der Waals surface area contributed by atoms with Crippen molar-refractivity contribution in [3.8, 4) is 0 Å². The zero-order chi connectivity index (χ0) is 19.4. The van der Waals surface area contributed by atoms with E-state index in [4.69, 9.17) is 0 Å². The molecule has 2 aromatic rings. The van der Waals surface area contributed by atoms with E-state index < -0.39 is 10.0 Å². The van der Waals surface area contributed by atoms with Crippen molar-refractivity contribution >= 4 is 28.0 Å². The maximum atomic E-state index is 12.5. The monoisotopic (exact) mass is 387 g/mol.